The first-order chi connectivity index (χ1) is 7.79. The van der Waals surface area contributed by atoms with Crippen molar-refractivity contribution in [2.45, 2.75) is 19.8 Å². The number of H-pyrrole nitrogens is 1. The van der Waals surface area contributed by atoms with Crippen molar-refractivity contribution in [3.8, 4) is 0 Å². The van der Waals surface area contributed by atoms with Crippen molar-refractivity contribution in [1.29, 1.82) is 0 Å². The fraction of sp³-hybridized carbons (Fsp3) is 0.308. The zero-order valence-electron chi connectivity index (χ0n) is 9.42. The molecule has 0 aliphatic rings. The highest BCUT2D eigenvalue weighted by Gasteiger charge is 2.00. The molecule has 2 aromatic rings. The van der Waals surface area contributed by atoms with Crippen LogP contribution in [0, 0.1) is 0 Å². The van der Waals surface area contributed by atoms with E-state index in [2.05, 4.69) is 28.5 Å². The van der Waals surface area contributed by atoms with Gasteiger partial charge in [0.05, 0.1) is 0 Å². The van der Waals surface area contributed by atoms with Crippen molar-refractivity contribution in [2.75, 3.05) is 6.54 Å². The number of nitrogens with one attached hydrogen (secondary N) is 2. The van der Waals surface area contributed by atoms with Crippen LogP contribution >= 0.6 is 0 Å². The number of fused-ring (bicyclic) bond motifs is 1. The van der Waals surface area contributed by atoms with Crippen LogP contribution in [-0.4, -0.2) is 17.4 Å². The molecule has 84 valence electrons. The lowest BCUT2D eigenvalue weighted by atomic mass is 10.2. The molecule has 3 heteroatoms. The molecule has 0 aliphatic carbocycles. The van der Waals surface area contributed by atoms with E-state index in [-0.39, 0.29) is 5.91 Å². The van der Waals surface area contributed by atoms with Crippen molar-refractivity contribution in [2.24, 2.45) is 0 Å². The summed E-state index contributed by atoms with van der Waals surface area (Å²) in [7, 11) is 0. The SMILES string of the molecule is CCC(=O)NCCc1cc2ccccc2[nH]1. The fourth-order valence-corrected chi connectivity index (χ4v) is 1.73. The molecule has 0 spiro atoms. The summed E-state index contributed by atoms with van der Waals surface area (Å²) in [5.41, 5.74) is 2.32. The van der Waals surface area contributed by atoms with Crippen molar-refractivity contribution < 1.29 is 4.79 Å². The molecule has 1 aromatic carbocycles. The average molecular weight is 216 g/mol. The van der Waals surface area contributed by atoms with Gasteiger partial charge in [-0.1, -0.05) is 25.1 Å². The molecule has 16 heavy (non-hydrogen) atoms. The average Bonchev–Trinajstić information content (AvgIpc) is 2.71. The Hall–Kier alpha value is -1.77. The molecule has 1 amide bonds. The van der Waals surface area contributed by atoms with Crippen LogP contribution in [0.1, 0.15) is 19.0 Å². The highest BCUT2D eigenvalue weighted by Crippen LogP contribution is 2.14. The second kappa shape index (κ2) is 4.84. The van der Waals surface area contributed by atoms with Gasteiger partial charge < -0.3 is 10.3 Å². The number of hydrogen-bond acceptors (Lipinski definition) is 1. The summed E-state index contributed by atoms with van der Waals surface area (Å²) >= 11 is 0. The molecule has 1 heterocycles. The third-order valence-electron chi connectivity index (χ3n) is 2.62. The fourth-order valence-electron chi connectivity index (χ4n) is 1.73. The van der Waals surface area contributed by atoms with Crippen LogP contribution in [0.15, 0.2) is 30.3 Å². The van der Waals surface area contributed by atoms with Crippen molar-refractivity contribution >= 4 is 16.8 Å². The molecule has 0 aliphatic heterocycles. The zero-order valence-corrected chi connectivity index (χ0v) is 9.42. The van der Waals surface area contributed by atoms with Crippen LogP contribution < -0.4 is 5.32 Å². The first-order valence-corrected chi connectivity index (χ1v) is 5.63. The zero-order chi connectivity index (χ0) is 11.4. The highest BCUT2D eigenvalue weighted by molar-refractivity contribution is 5.80. The van der Waals surface area contributed by atoms with E-state index in [1.165, 1.54) is 5.39 Å². The smallest absolute Gasteiger partial charge is 0.219 e. The number of amides is 1. The Balaban J connectivity index is 1.97. The molecule has 0 unspecified atom stereocenters. The van der Waals surface area contributed by atoms with E-state index in [1.807, 2.05) is 19.1 Å². The number of aromatic nitrogens is 1. The summed E-state index contributed by atoms with van der Waals surface area (Å²) < 4.78 is 0. The summed E-state index contributed by atoms with van der Waals surface area (Å²) in [6.07, 6.45) is 1.40. The van der Waals surface area contributed by atoms with Gasteiger partial charge in [0.1, 0.15) is 0 Å². The Labute approximate surface area is 94.9 Å². The quantitative estimate of drug-likeness (QED) is 0.808. The summed E-state index contributed by atoms with van der Waals surface area (Å²) in [5.74, 6) is 0.108. The number of aromatic amines is 1. The van der Waals surface area contributed by atoms with Crippen LogP contribution in [0.5, 0.6) is 0 Å². The molecular formula is C13H16N2O. The van der Waals surface area contributed by atoms with E-state index in [9.17, 15) is 4.79 Å². The van der Waals surface area contributed by atoms with Gasteiger partial charge in [-0.05, 0) is 17.5 Å². The standard InChI is InChI=1S/C13H16N2O/c1-2-13(16)14-8-7-11-9-10-5-3-4-6-12(10)15-11/h3-6,9,15H,2,7-8H2,1H3,(H,14,16). The summed E-state index contributed by atoms with van der Waals surface area (Å²) in [6.45, 7) is 2.55. The Morgan fingerprint density at radius 1 is 1.38 bits per heavy atom. The Morgan fingerprint density at radius 2 is 2.19 bits per heavy atom. The maximum atomic E-state index is 11.1. The monoisotopic (exact) mass is 216 g/mol. The summed E-state index contributed by atoms with van der Waals surface area (Å²) in [6, 6.07) is 10.3. The highest BCUT2D eigenvalue weighted by atomic mass is 16.1. The third kappa shape index (κ3) is 2.42. The molecular weight excluding hydrogens is 200 g/mol. The van der Waals surface area contributed by atoms with Crippen molar-refractivity contribution in [3.63, 3.8) is 0 Å². The minimum absolute atomic E-state index is 0.108. The second-order valence-electron chi connectivity index (χ2n) is 3.84. The van der Waals surface area contributed by atoms with Gasteiger partial charge in [0.2, 0.25) is 5.91 Å². The third-order valence-corrected chi connectivity index (χ3v) is 2.62. The van der Waals surface area contributed by atoms with E-state index < -0.39 is 0 Å². The van der Waals surface area contributed by atoms with Crippen molar-refractivity contribution in [1.82, 2.24) is 10.3 Å². The minimum Gasteiger partial charge on any atom is -0.358 e. The van der Waals surface area contributed by atoms with Gasteiger partial charge in [0, 0.05) is 30.6 Å². The lowest BCUT2D eigenvalue weighted by Gasteiger charge is -2.01. The maximum Gasteiger partial charge on any atom is 0.219 e. The molecule has 0 atom stereocenters. The first-order valence-electron chi connectivity index (χ1n) is 5.63. The Bertz CT molecular complexity index is 454. The lowest BCUT2D eigenvalue weighted by Crippen LogP contribution is -2.24. The summed E-state index contributed by atoms with van der Waals surface area (Å²) in [5, 5.41) is 4.09. The lowest BCUT2D eigenvalue weighted by molar-refractivity contribution is -0.120. The van der Waals surface area contributed by atoms with Gasteiger partial charge in [0.25, 0.3) is 0 Å². The molecule has 2 N–H and O–H groups in total. The van der Waals surface area contributed by atoms with E-state index in [1.54, 1.807) is 0 Å². The predicted octanol–water partition coefficient (Wildman–Crippen LogP) is 2.24. The number of carbonyl (C=O) groups excluding carboxylic acids is 1. The molecule has 0 radical (unpaired) electrons. The molecule has 0 bridgehead atoms. The first kappa shape index (κ1) is 10.7. The second-order valence-corrected chi connectivity index (χ2v) is 3.84. The van der Waals surface area contributed by atoms with E-state index in [0.717, 1.165) is 17.6 Å². The summed E-state index contributed by atoms with van der Waals surface area (Å²) in [4.78, 5) is 14.4. The number of para-hydroxylation sites is 1. The van der Waals surface area contributed by atoms with Crippen molar-refractivity contribution in [3.05, 3.63) is 36.0 Å². The topological polar surface area (TPSA) is 44.9 Å². The van der Waals surface area contributed by atoms with Gasteiger partial charge in [-0.15, -0.1) is 0 Å². The van der Waals surface area contributed by atoms with Crippen LogP contribution in [0.3, 0.4) is 0 Å². The van der Waals surface area contributed by atoms with Gasteiger partial charge in [-0.2, -0.15) is 0 Å². The van der Waals surface area contributed by atoms with Crippen LogP contribution in [0.2, 0.25) is 0 Å². The van der Waals surface area contributed by atoms with E-state index in [0.29, 0.717) is 13.0 Å². The molecule has 2 rings (SSSR count). The van der Waals surface area contributed by atoms with Gasteiger partial charge in [-0.25, -0.2) is 0 Å². The Morgan fingerprint density at radius 3 is 2.94 bits per heavy atom. The van der Waals surface area contributed by atoms with Gasteiger partial charge >= 0.3 is 0 Å². The molecule has 0 saturated carbocycles. The maximum absolute atomic E-state index is 11.1. The molecule has 0 saturated heterocycles. The Kier molecular flexibility index (Phi) is 3.25. The normalized spacial score (nSPS) is 10.6. The predicted molar refractivity (Wildman–Crippen MR) is 65.3 cm³/mol. The van der Waals surface area contributed by atoms with Crippen LogP contribution in [0.4, 0.5) is 0 Å². The molecule has 1 aromatic heterocycles. The number of hydrogen-bond donors (Lipinski definition) is 2. The molecule has 3 nitrogen and oxygen atoms in total. The van der Waals surface area contributed by atoms with E-state index >= 15 is 0 Å². The van der Waals surface area contributed by atoms with Gasteiger partial charge in [0.15, 0.2) is 0 Å². The largest absolute Gasteiger partial charge is 0.358 e. The van der Waals surface area contributed by atoms with Crippen LogP contribution in [-0.2, 0) is 11.2 Å². The number of benzene rings is 1. The minimum atomic E-state index is 0.108. The van der Waals surface area contributed by atoms with Gasteiger partial charge in [-0.3, -0.25) is 4.79 Å². The van der Waals surface area contributed by atoms with Crippen LogP contribution in [0.25, 0.3) is 10.9 Å². The molecule has 0 fully saturated rings. The number of rotatable bonds is 4. The number of carbonyl (C=O) groups is 1. The van der Waals surface area contributed by atoms with E-state index in [4.69, 9.17) is 0 Å².